The highest BCUT2D eigenvalue weighted by molar-refractivity contribution is 5.80. The van der Waals surface area contributed by atoms with Crippen molar-refractivity contribution in [1.82, 2.24) is 4.90 Å². The van der Waals surface area contributed by atoms with Crippen molar-refractivity contribution < 1.29 is 4.79 Å². The first kappa shape index (κ1) is 12.5. The quantitative estimate of drug-likeness (QED) is 0.816. The van der Waals surface area contributed by atoms with Crippen LogP contribution in [0.2, 0.25) is 0 Å². The van der Waals surface area contributed by atoms with Crippen LogP contribution >= 0.6 is 0 Å². The van der Waals surface area contributed by atoms with Crippen molar-refractivity contribution in [2.75, 3.05) is 13.1 Å². The van der Waals surface area contributed by atoms with Crippen molar-refractivity contribution in [2.24, 2.45) is 23.5 Å². The molecule has 102 valence electrons. The van der Waals surface area contributed by atoms with Crippen LogP contribution in [0.1, 0.15) is 51.4 Å². The Morgan fingerprint density at radius 3 is 2.67 bits per heavy atom. The van der Waals surface area contributed by atoms with E-state index in [1.54, 1.807) is 0 Å². The van der Waals surface area contributed by atoms with Crippen molar-refractivity contribution in [1.29, 1.82) is 0 Å². The maximum Gasteiger partial charge on any atom is 0.226 e. The first-order valence-electron chi connectivity index (χ1n) is 7.80. The molecule has 2 aliphatic carbocycles. The Balaban J connectivity index is 1.69. The fraction of sp³-hybridized carbons (Fsp3) is 0.933. The van der Waals surface area contributed by atoms with Crippen LogP contribution in [0.25, 0.3) is 0 Å². The monoisotopic (exact) mass is 250 g/mol. The second-order valence-electron chi connectivity index (χ2n) is 6.55. The number of nitrogens with zero attached hydrogens (tertiary/aromatic N) is 1. The molecule has 0 aromatic carbocycles. The molecule has 2 saturated carbocycles. The van der Waals surface area contributed by atoms with Crippen LogP contribution < -0.4 is 5.73 Å². The van der Waals surface area contributed by atoms with Crippen LogP contribution in [0.4, 0.5) is 0 Å². The lowest BCUT2D eigenvalue weighted by molar-refractivity contribution is -0.139. The maximum absolute atomic E-state index is 12.8. The molecule has 4 unspecified atom stereocenters. The predicted octanol–water partition coefficient (Wildman–Crippen LogP) is 2.15. The van der Waals surface area contributed by atoms with E-state index < -0.39 is 0 Å². The summed E-state index contributed by atoms with van der Waals surface area (Å²) >= 11 is 0. The van der Waals surface area contributed by atoms with Gasteiger partial charge in [0, 0.05) is 25.0 Å². The standard InChI is InChI=1S/C15H26N2O/c16-10-13-4-2-1-3-7-17(13)15(18)14-9-11-5-6-12(14)8-11/h11-14H,1-10,16H2. The highest BCUT2D eigenvalue weighted by Crippen LogP contribution is 2.49. The second kappa shape index (κ2) is 5.20. The fourth-order valence-electron chi connectivity index (χ4n) is 4.47. The summed E-state index contributed by atoms with van der Waals surface area (Å²) in [6.45, 7) is 1.60. The Morgan fingerprint density at radius 2 is 2.00 bits per heavy atom. The van der Waals surface area contributed by atoms with E-state index in [1.165, 1.54) is 38.5 Å². The number of rotatable bonds is 2. The number of fused-ring (bicyclic) bond motifs is 2. The van der Waals surface area contributed by atoms with Crippen molar-refractivity contribution in [3.63, 3.8) is 0 Å². The van der Waals surface area contributed by atoms with E-state index in [9.17, 15) is 4.79 Å². The Morgan fingerprint density at radius 1 is 1.11 bits per heavy atom. The van der Waals surface area contributed by atoms with E-state index in [0.29, 0.717) is 30.3 Å². The lowest BCUT2D eigenvalue weighted by Crippen LogP contribution is -2.47. The van der Waals surface area contributed by atoms with Gasteiger partial charge >= 0.3 is 0 Å². The van der Waals surface area contributed by atoms with Crippen LogP contribution in [-0.4, -0.2) is 29.9 Å². The molecule has 4 atom stereocenters. The van der Waals surface area contributed by atoms with Crippen molar-refractivity contribution in [3.05, 3.63) is 0 Å². The first-order valence-corrected chi connectivity index (χ1v) is 7.80. The molecule has 0 spiro atoms. The second-order valence-corrected chi connectivity index (χ2v) is 6.55. The molecular formula is C15H26N2O. The predicted molar refractivity (Wildman–Crippen MR) is 72.0 cm³/mol. The lowest BCUT2D eigenvalue weighted by Gasteiger charge is -2.34. The highest BCUT2D eigenvalue weighted by atomic mass is 16.2. The van der Waals surface area contributed by atoms with Gasteiger partial charge in [0.05, 0.1) is 0 Å². The molecule has 3 heteroatoms. The maximum atomic E-state index is 12.8. The molecule has 2 N–H and O–H groups in total. The molecule has 1 heterocycles. The van der Waals surface area contributed by atoms with Gasteiger partial charge in [-0.25, -0.2) is 0 Å². The van der Waals surface area contributed by atoms with Crippen LogP contribution in [0.5, 0.6) is 0 Å². The minimum atomic E-state index is 0.319. The molecular weight excluding hydrogens is 224 g/mol. The minimum Gasteiger partial charge on any atom is -0.338 e. The number of amides is 1. The Hall–Kier alpha value is -0.570. The molecule has 0 aromatic rings. The summed E-state index contributed by atoms with van der Waals surface area (Å²) in [5.74, 6) is 2.34. The van der Waals surface area contributed by atoms with Gasteiger partial charge in [-0.1, -0.05) is 19.3 Å². The summed E-state index contributed by atoms with van der Waals surface area (Å²) in [5.41, 5.74) is 5.88. The molecule has 0 radical (unpaired) electrons. The van der Waals surface area contributed by atoms with Crippen LogP contribution in [0.15, 0.2) is 0 Å². The molecule has 3 rings (SSSR count). The largest absolute Gasteiger partial charge is 0.338 e. The number of carbonyl (C=O) groups is 1. The lowest BCUT2D eigenvalue weighted by atomic mass is 9.87. The Labute approximate surface area is 110 Å². The normalized spacial score (nSPS) is 39.9. The summed E-state index contributed by atoms with van der Waals surface area (Å²) in [6.07, 6.45) is 9.93. The molecule has 3 aliphatic rings. The van der Waals surface area contributed by atoms with Gasteiger partial charge in [0.25, 0.3) is 0 Å². The van der Waals surface area contributed by atoms with Crippen LogP contribution in [0.3, 0.4) is 0 Å². The van der Waals surface area contributed by atoms with Gasteiger partial charge in [-0.3, -0.25) is 4.79 Å². The minimum absolute atomic E-state index is 0.319. The van der Waals surface area contributed by atoms with Crippen molar-refractivity contribution >= 4 is 5.91 Å². The zero-order chi connectivity index (χ0) is 12.5. The van der Waals surface area contributed by atoms with E-state index in [1.807, 2.05) is 0 Å². The Kier molecular flexibility index (Phi) is 3.60. The van der Waals surface area contributed by atoms with Crippen LogP contribution in [-0.2, 0) is 4.79 Å². The summed E-state index contributed by atoms with van der Waals surface area (Å²) in [7, 11) is 0. The Bertz CT molecular complexity index is 318. The smallest absolute Gasteiger partial charge is 0.226 e. The molecule has 3 nitrogen and oxygen atoms in total. The van der Waals surface area contributed by atoms with Gasteiger partial charge in [-0.15, -0.1) is 0 Å². The molecule has 3 fully saturated rings. The third-order valence-electron chi connectivity index (χ3n) is 5.49. The number of hydrogen-bond donors (Lipinski definition) is 1. The third kappa shape index (κ3) is 2.18. The molecule has 18 heavy (non-hydrogen) atoms. The fourth-order valence-corrected chi connectivity index (χ4v) is 4.47. The van der Waals surface area contributed by atoms with E-state index in [0.717, 1.165) is 25.3 Å². The van der Waals surface area contributed by atoms with Gasteiger partial charge in [0.2, 0.25) is 5.91 Å². The molecule has 1 amide bonds. The zero-order valence-electron chi connectivity index (χ0n) is 11.3. The molecule has 0 aromatic heterocycles. The van der Waals surface area contributed by atoms with E-state index >= 15 is 0 Å². The molecule has 2 bridgehead atoms. The number of hydrogen-bond acceptors (Lipinski definition) is 2. The van der Waals surface area contributed by atoms with E-state index in [2.05, 4.69) is 4.90 Å². The van der Waals surface area contributed by atoms with Gasteiger partial charge in [0.15, 0.2) is 0 Å². The van der Waals surface area contributed by atoms with Crippen molar-refractivity contribution in [2.45, 2.75) is 57.4 Å². The van der Waals surface area contributed by atoms with E-state index in [-0.39, 0.29) is 0 Å². The summed E-state index contributed by atoms with van der Waals surface area (Å²) in [6, 6.07) is 0.319. The topological polar surface area (TPSA) is 46.3 Å². The van der Waals surface area contributed by atoms with Gasteiger partial charge in [0.1, 0.15) is 0 Å². The first-order chi connectivity index (χ1) is 8.79. The average Bonchev–Trinajstić information content (AvgIpc) is 2.93. The molecule has 1 saturated heterocycles. The number of nitrogens with two attached hydrogens (primary N) is 1. The van der Waals surface area contributed by atoms with Crippen LogP contribution in [0, 0.1) is 17.8 Å². The number of likely N-dealkylation sites (tertiary alicyclic amines) is 1. The SMILES string of the molecule is NCC1CCCCCN1C(=O)C1CC2CCC1C2. The van der Waals surface area contributed by atoms with Gasteiger partial charge in [-0.2, -0.15) is 0 Å². The van der Waals surface area contributed by atoms with Gasteiger partial charge < -0.3 is 10.6 Å². The van der Waals surface area contributed by atoms with Gasteiger partial charge in [-0.05, 0) is 43.9 Å². The summed E-state index contributed by atoms with van der Waals surface area (Å²) in [5, 5.41) is 0. The highest BCUT2D eigenvalue weighted by Gasteiger charge is 2.45. The summed E-state index contributed by atoms with van der Waals surface area (Å²) in [4.78, 5) is 14.9. The average molecular weight is 250 g/mol. The van der Waals surface area contributed by atoms with Crippen molar-refractivity contribution in [3.8, 4) is 0 Å². The van der Waals surface area contributed by atoms with E-state index in [4.69, 9.17) is 5.73 Å². The number of carbonyl (C=O) groups excluding carboxylic acids is 1. The zero-order valence-corrected chi connectivity index (χ0v) is 11.3. The third-order valence-corrected chi connectivity index (χ3v) is 5.49. The summed E-state index contributed by atoms with van der Waals surface area (Å²) < 4.78 is 0. The molecule has 1 aliphatic heterocycles.